The summed E-state index contributed by atoms with van der Waals surface area (Å²) in [6.45, 7) is 6.85. The highest BCUT2D eigenvalue weighted by atomic mass is 16.5. The predicted molar refractivity (Wildman–Crippen MR) is 111 cm³/mol. The van der Waals surface area contributed by atoms with E-state index in [-0.39, 0.29) is 18.1 Å². The smallest absolute Gasteiger partial charge is 0.191 e. The fourth-order valence-electron chi connectivity index (χ4n) is 4.17. The van der Waals surface area contributed by atoms with Crippen LogP contribution in [-0.4, -0.2) is 57.1 Å². The van der Waals surface area contributed by atoms with Crippen molar-refractivity contribution in [2.24, 2.45) is 16.3 Å². The highest BCUT2D eigenvalue weighted by Gasteiger charge is 2.34. The Labute approximate surface area is 168 Å². The molecule has 2 aliphatic rings. The van der Waals surface area contributed by atoms with Crippen LogP contribution in [0, 0.1) is 11.3 Å². The van der Waals surface area contributed by atoms with Gasteiger partial charge in [-0.15, -0.1) is 0 Å². The van der Waals surface area contributed by atoms with E-state index in [0.717, 1.165) is 57.9 Å². The molecular formula is C22H35N3O3. The van der Waals surface area contributed by atoms with E-state index in [4.69, 9.17) is 14.5 Å². The molecule has 6 heteroatoms. The van der Waals surface area contributed by atoms with Gasteiger partial charge >= 0.3 is 0 Å². The lowest BCUT2D eigenvalue weighted by molar-refractivity contribution is -0.0265. The topological polar surface area (TPSA) is 75.1 Å². The molecule has 3 atom stereocenters. The number of rotatable bonds is 8. The number of aliphatic hydroxyl groups is 1. The molecule has 1 aromatic carbocycles. The van der Waals surface area contributed by atoms with Crippen LogP contribution in [-0.2, 0) is 9.47 Å². The van der Waals surface area contributed by atoms with Gasteiger partial charge in [-0.25, -0.2) is 0 Å². The second kappa shape index (κ2) is 10.8. The summed E-state index contributed by atoms with van der Waals surface area (Å²) in [5.74, 6) is 1.25. The predicted octanol–water partition coefficient (Wildman–Crippen LogP) is 2.50. The maximum absolute atomic E-state index is 9.42. The molecule has 0 amide bonds. The van der Waals surface area contributed by atoms with Crippen molar-refractivity contribution in [3.63, 3.8) is 0 Å². The minimum Gasteiger partial charge on any atom is -0.396 e. The zero-order valence-corrected chi connectivity index (χ0v) is 17.0. The van der Waals surface area contributed by atoms with Gasteiger partial charge in [0.05, 0.1) is 19.3 Å². The second-order valence-corrected chi connectivity index (χ2v) is 7.96. The number of aliphatic imine (C=N–C) groups is 1. The van der Waals surface area contributed by atoms with Gasteiger partial charge < -0.3 is 25.2 Å². The normalized spacial score (nSPS) is 28.3. The third-order valence-corrected chi connectivity index (χ3v) is 5.85. The van der Waals surface area contributed by atoms with Crippen molar-refractivity contribution < 1.29 is 14.6 Å². The highest BCUT2D eigenvalue weighted by molar-refractivity contribution is 5.79. The molecule has 3 N–H and O–H groups in total. The molecule has 2 saturated heterocycles. The van der Waals surface area contributed by atoms with Crippen molar-refractivity contribution in [1.29, 1.82) is 0 Å². The summed E-state index contributed by atoms with van der Waals surface area (Å²) >= 11 is 0. The Hall–Kier alpha value is -1.63. The molecule has 28 heavy (non-hydrogen) atoms. The van der Waals surface area contributed by atoms with Gasteiger partial charge in [0.15, 0.2) is 5.96 Å². The summed E-state index contributed by atoms with van der Waals surface area (Å²) in [7, 11) is 0. The van der Waals surface area contributed by atoms with Crippen molar-refractivity contribution in [2.75, 3.05) is 46.1 Å². The number of nitrogens with one attached hydrogen (secondary N) is 2. The number of hydrogen-bond donors (Lipinski definition) is 3. The maximum atomic E-state index is 9.42. The average molecular weight is 390 g/mol. The summed E-state index contributed by atoms with van der Waals surface area (Å²) in [5.41, 5.74) is 1.22. The van der Waals surface area contributed by atoms with Gasteiger partial charge in [0.2, 0.25) is 0 Å². The molecular weight excluding hydrogens is 354 g/mol. The van der Waals surface area contributed by atoms with Crippen molar-refractivity contribution >= 4 is 5.96 Å². The number of hydrogen-bond acceptors (Lipinski definition) is 4. The van der Waals surface area contributed by atoms with E-state index in [9.17, 15) is 5.11 Å². The number of aliphatic hydroxyl groups excluding tert-OH is 1. The van der Waals surface area contributed by atoms with E-state index >= 15 is 0 Å². The first-order chi connectivity index (χ1) is 13.8. The van der Waals surface area contributed by atoms with Crippen LogP contribution in [0.25, 0.3) is 0 Å². The van der Waals surface area contributed by atoms with Crippen molar-refractivity contribution in [1.82, 2.24) is 10.6 Å². The molecule has 0 radical (unpaired) electrons. The van der Waals surface area contributed by atoms with Crippen LogP contribution in [0.5, 0.6) is 0 Å². The number of ether oxygens (including phenoxy) is 2. The fourth-order valence-corrected chi connectivity index (χ4v) is 4.17. The zero-order chi connectivity index (χ0) is 19.7. The molecule has 2 aliphatic heterocycles. The molecule has 0 aromatic heterocycles. The maximum Gasteiger partial charge on any atom is 0.191 e. The highest BCUT2D eigenvalue weighted by Crippen LogP contribution is 2.34. The van der Waals surface area contributed by atoms with Gasteiger partial charge in [-0.2, -0.15) is 0 Å². The first-order valence-electron chi connectivity index (χ1n) is 10.6. The Morgan fingerprint density at radius 1 is 1.25 bits per heavy atom. The Balaban J connectivity index is 1.61. The van der Waals surface area contributed by atoms with E-state index in [1.54, 1.807) is 0 Å². The summed E-state index contributed by atoms with van der Waals surface area (Å²) in [4.78, 5) is 4.83. The summed E-state index contributed by atoms with van der Waals surface area (Å²) in [5, 5.41) is 16.3. The van der Waals surface area contributed by atoms with Gasteiger partial charge in [-0.1, -0.05) is 30.3 Å². The lowest BCUT2D eigenvalue weighted by Crippen LogP contribution is -2.42. The second-order valence-electron chi connectivity index (χ2n) is 7.96. The van der Waals surface area contributed by atoms with Crippen LogP contribution < -0.4 is 10.6 Å². The molecule has 0 bridgehead atoms. The van der Waals surface area contributed by atoms with Gasteiger partial charge in [0, 0.05) is 44.2 Å². The van der Waals surface area contributed by atoms with Gasteiger partial charge in [0.1, 0.15) is 0 Å². The van der Waals surface area contributed by atoms with Gasteiger partial charge in [-0.3, -0.25) is 4.99 Å². The third kappa shape index (κ3) is 5.69. The molecule has 156 valence electrons. The number of nitrogens with zero attached hydrogens (tertiary/aromatic N) is 1. The fraction of sp³-hybridized carbons (Fsp3) is 0.682. The standard InChI is InChI=1S/C22H35N3O3/c1-2-23-21(25-16-22(10-12-26)11-14-27-17-22)24-15-19-9-6-13-28-20(19)18-7-4-3-5-8-18/h3-5,7-8,19-20,26H,2,6,9-17H2,1H3,(H2,23,24,25). The van der Waals surface area contributed by atoms with Crippen molar-refractivity contribution in [2.45, 2.75) is 38.7 Å². The molecule has 0 saturated carbocycles. The van der Waals surface area contributed by atoms with E-state index in [2.05, 4.69) is 41.8 Å². The molecule has 6 nitrogen and oxygen atoms in total. The molecule has 2 heterocycles. The van der Waals surface area contributed by atoms with Crippen LogP contribution in [0.4, 0.5) is 0 Å². The number of guanidine groups is 1. The average Bonchev–Trinajstić information content (AvgIpc) is 3.20. The van der Waals surface area contributed by atoms with E-state index < -0.39 is 0 Å². The Morgan fingerprint density at radius 3 is 2.82 bits per heavy atom. The van der Waals surface area contributed by atoms with Crippen LogP contribution >= 0.6 is 0 Å². The largest absolute Gasteiger partial charge is 0.396 e. The Morgan fingerprint density at radius 2 is 2.11 bits per heavy atom. The lowest BCUT2D eigenvalue weighted by Gasteiger charge is -2.33. The molecule has 2 fully saturated rings. The molecule has 3 rings (SSSR count). The lowest BCUT2D eigenvalue weighted by atomic mass is 9.84. The Kier molecular flexibility index (Phi) is 8.13. The number of benzene rings is 1. The molecule has 1 aromatic rings. The van der Waals surface area contributed by atoms with Crippen LogP contribution in [0.1, 0.15) is 44.3 Å². The monoisotopic (exact) mass is 389 g/mol. The molecule has 0 spiro atoms. The van der Waals surface area contributed by atoms with E-state index in [1.807, 2.05) is 6.07 Å². The summed E-state index contributed by atoms with van der Waals surface area (Å²) in [6, 6.07) is 10.5. The van der Waals surface area contributed by atoms with Crippen molar-refractivity contribution in [3.8, 4) is 0 Å². The minimum absolute atomic E-state index is 0.0301. The zero-order valence-electron chi connectivity index (χ0n) is 17.0. The summed E-state index contributed by atoms with van der Waals surface area (Å²) in [6.07, 6.45) is 4.08. The van der Waals surface area contributed by atoms with Crippen LogP contribution in [0.2, 0.25) is 0 Å². The van der Waals surface area contributed by atoms with E-state index in [0.29, 0.717) is 19.1 Å². The SMILES string of the molecule is CCNC(=NCC1(CCO)CCOC1)NCC1CCCOC1c1ccccc1. The van der Waals surface area contributed by atoms with Gasteiger partial charge in [-0.05, 0) is 38.2 Å². The third-order valence-electron chi connectivity index (χ3n) is 5.85. The Bertz CT molecular complexity index is 602. The first-order valence-corrected chi connectivity index (χ1v) is 10.6. The van der Waals surface area contributed by atoms with Crippen LogP contribution in [0.3, 0.4) is 0 Å². The quantitative estimate of drug-likeness (QED) is 0.471. The molecule has 0 aliphatic carbocycles. The minimum atomic E-state index is -0.0301. The summed E-state index contributed by atoms with van der Waals surface area (Å²) < 4.78 is 11.7. The molecule has 3 unspecified atom stereocenters. The van der Waals surface area contributed by atoms with Gasteiger partial charge in [0.25, 0.3) is 0 Å². The van der Waals surface area contributed by atoms with Crippen molar-refractivity contribution in [3.05, 3.63) is 35.9 Å². The van der Waals surface area contributed by atoms with Crippen LogP contribution in [0.15, 0.2) is 35.3 Å². The van der Waals surface area contributed by atoms with E-state index in [1.165, 1.54) is 5.56 Å². The first kappa shape index (κ1) is 21.1.